The molecule has 5 nitrogen and oxygen atoms in total. The maximum Gasteiger partial charge on any atom is 0.318 e. The van der Waals surface area contributed by atoms with Gasteiger partial charge in [0.1, 0.15) is 0 Å². The fraction of sp³-hybridized carbons (Fsp3) is 0.286. The van der Waals surface area contributed by atoms with Crippen molar-refractivity contribution in [3.8, 4) is 0 Å². The summed E-state index contributed by atoms with van der Waals surface area (Å²) in [4.78, 5) is 28.0. The summed E-state index contributed by atoms with van der Waals surface area (Å²) >= 11 is 0. The summed E-state index contributed by atoms with van der Waals surface area (Å²) in [5.41, 5.74) is 4.41. The van der Waals surface area contributed by atoms with Crippen LogP contribution in [0.5, 0.6) is 0 Å². The van der Waals surface area contributed by atoms with Gasteiger partial charge in [-0.1, -0.05) is 90.5 Å². The quantitative estimate of drug-likeness (QED) is 0.567. The SMILES string of the molecule is Cc1cccc(CNC(=O)[C@@H]2CC[C@H](c3ccccc3)N(C(=O)NCc3ccccc3)C2)c1. The van der Waals surface area contributed by atoms with Crippen LogP contribution in [0.1, 0.15) is 41.1 Å². The Labute approximate surface area is 195 Å². The smallest absolute Gasteiger partial charge is 0.318 e. The number of likely N-dealkylation sites (tertiary alicyclic amines) is 1. The van der Waals surface area contributed by atoms with E-state index >= 15 is 0 Å². The lowest BCUT2D eigenvalue weighted by molar-refractivity contribution is -0.126. The number of nitrogens with one attached hydrogen (secondary N) is 2. The molecule has 170 valence electrons. The van der Waals surface area contributed by atoms with Crippen LogP contribution < -0.4 is 10.6 Å². The highest BCUT2D eigenvalue weighted by molar-refractivity contribution is 5.81. The third kappa shape index (κ3) is 6.01. The lowest BCUT2D eigenvalue weighted by Crippen LogP contribution is -2.50. The molecule has 33 heavy (non-hydrogen) atoms. The molecule has 0 unspecified atom stereocenters. The molecule has 0 bridgehead atoms. The molecule has 1 heterocycles. The number of rotatable bonds is 6. The highest BCUT2D eigenvalue weighted by Crippen LogP contribution is 2.33. The molecule has 1 aliphatic heterocycles. The molecule has 2 atom stereocenters. The van der Waals surface area contributed by atoms with Gasteiger partial charge in [0, 0.05) is 19.6 Å². The van der Waals surface area contributed by atoms with Crippen molar-refractivity contribution in [1.29, 1.82) is 0 Å². The Kier molecular flexibility index (Phi) is 7.40. The number of aryl methyl sites for hydroxylation is 1. The third-order valence-corrected chi connectivity index (χ3v) is 6.23. The molecule has 1 fully saturated rings. The number of hydrogen-bond acceptors (Lipinski definition) is 2. The maximum atomic E-state index is 13.2. The fourth-order valence-corrected chi connectivity index (χ4v) is 4.46. The summed E-state index contributed by atoms with van der Waals surface area (Å²) in [5.74, 6) is -0.221. The monoisotopic (exact) mass is 441 g/mol. The Balaban J connectivity index is 1.43. The molecular formula is C28H31N3O2. The molecule has 3 aromatic rings. The van der Waals surface area contributed by atoms with Crippen molar-refractivity contribution < 1.29 is 9.59 Å². The van der Waals surface area contributed by atoms with E-state index in [1.165, 1.54) is 5.56 Å². The van der Waals surface area contributed by atoms with Crippen molar-refractivity contribution in [3.05, 3.63) is 107 Å². The minimum Gasteiger partial charge on any atom is -0.352 e. The van der Waals surface area contributed by atoms with Gasteiger partial charge in [-0.05, 0) is 36.5 Å². The number of carbonyl (C=O) groups is 2. The van der Waals surface area contributed by atoms with E-state index in [1.807, 2.05) is 78.6 Å². The van der Waals surface area contributed by atoms with Gasteiger partial charge in [-0.3, -0.25) is 4.79 Å². The molecule has 0 aromatic heterocycles. The summed E-state index contributed by atoms with van der Waals surface area (Å²) in [6.07, 6.45) is 1.51. The first-order valence-corrected chi connectivity index (χ1v) is 11.6. The summed E-state index contributed by atoms with van der Waals surface area (Å²) in [6.45, 7) is 3.41. The number of amides is 3. The summed E-state index contributed by atoms with van der Waals surface area (Å²) in [7, 11) is 0. The molecular weight excluding hydrogens is 410 g/mol. The van der Waals surface area contributed by atoms with Crippen LogP contribution in [-0.2, 0) is 17.9 Å². The average molecular weight is 442 g/mol. The van der Waals surface area contributed by atoms with Crippen LogP contribution in [0.3, 0.4) is 0 Å². The number of benzene rings is 3. The van der Waals surface area contributed by atoms with Crippen LogP contribution in [-0.4, -0.2) is 23.4 Å². The van der Waals surface area contributed by atoms with Crippen molar-refractivity contribution in [1.82, 2.24) is 15.5 Å². The first kappa shape index (κ1) is 22.6. The van der Waals surface area contributed by atoms with E-state index in [9.17, 15) is 9.59 Å². The second kappa shape index (κ2) is 10.8. The van der Waals surface area contributed by atoms with Crippen molar-refractivity contribution in [2.75, 3.05) is 6.54 Å². The molecule has 0 saturated carbocycles. The van der Waals surface area contributed by atoms with E-state index in [1.54, 1.807) is 0 Å². The zero-order valence-electron chi connectivity index (χ0n) is 19.0. The van der Waals surface area contributed by atoms with E-state index in [0.717, 1.165) is 29.5 Å². The number of piperidine rings is 1. The van der Waals surface area contributed by atoms with Crippen molar-refractivity contribution in [2.24, 2.45) is 5.92 Å². The van der Waals surface area contributed by atoms with Crippen LogP contribution in [0, 0.1) is 12.8 Å². The van der Waals surface area contributed by atoms with Gasteiger partial charge in [0.25, 0.3) is 0 Å². The Morgan fingerprint density at radius 1 is 0.818 bits per heavy atom. The first-order chi connectivity index (χ1) is 16.1. The van der Waals surface area contributed by atoms with E-state index in [4.69, 9.17) is 0 Å². The van der Waals surface area contributed by atoms with Gasteiger partial charge < -0.3 is 15.5 Å². The summed E-state index contributed by atoms with van der Waals surface area (Å²) in [6, 6.07) is 27.9. The van der Waals surface area contributed by atoms with Crippen molar-refractivity contribution in [3.63, 3.8) is 0 Å². The Morgan fingerprint density at radius 3 is 2.21 bits per heavy atom. The molecule has 3 aromatic carbocycles. The van der Waals surface area contributed by atoms with Crippen LogP contribution in [0.2, 0.25) is 0 Å². The minimum absolute atomic E-state index is 0.00359. The van der Waals surface area contributed by atoms with Crippen LogP contribution in [0.25, 0.3) is 0 Å². The average Bonchev–Trinajstić information content (AvgIpc) is 2.86. The second-order valence-electron chi connectivity index (χ2n) is 8.70. The topological polar surface area (TPSA) is 61.4 Å². The molecule has 0 spiro atoms. The number of hydrogen-bond donors (Lipinski definition) is 2. The molecule has 0 aliphatic carbocycles. The van der Waals surface area contributed by atoms with Gasteiger partial charge in [-0.25, -0.2) is 4.79 Å². The van der Waals surface area contributed by atoms with E-state index in [0.29, 0.717) is 19.6 Å². The largest absolute Gasteiger partial charge is 0.352 e. The van der Waals surface area contributed by atoms with E-state index in [2.05, 4.69) is 28.8 Å². The zero-order chi connectivity index (χ0) is 23.0. The summed E-state index contributed by atoms with van der Waals surface area (Å²) in [5, 5.41) is 6.12. The van der Waals surface area contributed by atoms with Gasteiger partial charge in [-0.2, -0.15) is 0 Å². The third-order valence-electron chi connectivity index (χ3n) is 6.23. The van der Waals surface area contributed by atoms with Gasteiger partial charge in [0.2, 0.25) is 5.91 Å². The number of urea groups is 1. The predicted octanol–water partition coefficient (Wildman–Crippen LogP) is 4.97. The van der Waals surface area contributed by atoms with E-state index in [-0.39, 0.29) is 23.9 Å². The summed E-state index contributed by atoms with van der Waals surface area (Å²) < 4.78 is 0. The molecule has 2 N–H and O–H groups in total. The molecule has 3 amide bonds. The fourth-order valence-electron chi connectivity index (χ4n) is 4.46. The van der Waals surface area contributed by atoms with Gasteiger partial charge in [0.05, 0.1) is 12.0 Å². The molecule has 4 rings (SSSR count). The lowest BCUT2D eigenvalue weighted by atomic mass is 9.88. The molecule has 1 aliphatic rings. The lowest BCUT2D eigenvalue weighted by Gasteiger charge is -2.39. The van der Waals surface area contributed by atoms with Crippen LogP contribution in [0.4, 0.5) is 4.79 Å². The second-order valence-corrected chi connectivity index (χ2v) is 8.70. The van der Waals surface area contributed by atoms with Gasteiger partial charge in [-0.15, -0.1) is 0 Å². The van der Waals surface area contributed by atoms with Gasteiger partial charge >= 0.3 is 6.03 Å². The molecule has 5 heteroatoms. The van der Waals surface area contributed by atoms with Crippen LogP contribution >= 0.6 is 0 Å². The Bertz CT molecular complexity index is 1070. The highest BCUT2D eigenvalue weighted by atomic mass is 16.2. The predicted molar refractivity (Wildman–Crippen MR) is 130 cm³/mol. The van der Waals surface area contributed by atoms with E-state index < -0.39 is 0 Å². The maximum absolute atomic E-state index is 13.2. The Morgan fingerprint density at radius 2 is 1.48 bits per heavy atom. The molecule has 1 saturated heterocycles. The van der Waals surface area contributed by atoms with Crippen molar-refractivity contribution >= 4 is 11.9 Å². The van der Waals surface area contributed by atoms with Crippen molar-refractivity contribution in [2.45, 2.75) is 38.9 Å². The standard InChI is InChI=1S/C28H31N3O2/c1-21-9-8-12-23(17-21)19-29-27(32)25-15-16-26(24-13-6-3-7-14-24)31(20-25)28(33)30-18-22-10-4-2-5-11-22/h2-14,17,25-26H,15-16,18-20H2,1H3,(H,29,32)(H,30,33)/t25-,26-/m1/s1. The first-order valence-electron chi connectivity index (χ1n) is 11.6. The minimum atomic E-state index is -0.225. The number of carbonyl (C=O) groups excluding carboxylic acids is 2. The van der Waals surface area contributed by atoms with Crippen LogP contribution in [0.15, 0.2) is 84.9 Å². The number of nitrogens with zero attached hydrogens (tertiary/aromatic N) is 1. The van der Waals surface area contributed by atoms with Gasteiger partial charge in [0.15, 0.2) is 0 Å². The molecule has 0 radical (unpaired) electrons. The zero-order valence-corrected chi connectivity index (χ0v) is 19.0. The normalized spacial score (nSPS) is 17.9. The highest BCUT2D eigenvalue weighted by Gasteiger charge is 2.35. The Hall–Kier alpha value is -3.60.